The van der Waals surface area contributed by atoms with E-state index in [4.69, 9.17) is 10.2 Å². The topological polar surface area (TPSA) is 104 Å². The van der Waals surface area contributed by atoms with Crippen LogP contribution in [0, 0.1) is 0 Å². The van der Waals surface area contributed by atoms with Crippen LogP contribution in [-0.2, 0) is 6.54 Å². The van der Waals surface area contributed by atoms with Crippen LogP contribution in [0.5, 0.6) is 0 Å². The lowest BCUT2D eigenvalue weighted by atomic mass is 10.1. The Labute approximate surface area is 124 Å². The second-order valence-electron chi connectivity index (χ2n) is 3.77. The summed E-state index contributed by atoms with van der Waals surface area (Å²) in [5.74, 6) is -2.67. The Bertz CT molecular complexity index is 634. The van der Waals surface area contributed by atoms with Crippen LogP contribution in [0.4, 0.5) is 0 Å². The van der Waals surface area contributed by atoms with Crippen LogP contribution < -0.4 is 21.5 Å². The first-order valence-corrected chi connectivity index (χ1v) is 5.32. The molecule has 0 saturated heterocycles. The van der Waals surface area contributed by atoms with Crippen molar-refractivity contribution in [3.05, 3.63) is 53.9 Å². The second kappa shape index (κ2) is 6.71. The van der Waals surface area contributed by atoms with E-state index in [-0.39, 0.29) is 22.5 Å². The highest BCUT2D eigenvalue weighted by atomic mass is 79.9. The summed E-state index contributed by atoms with van der Waals surface area (Å²) >= 11 is 0. The largest absolute Gasteiger partial charge is 1.00 e. The average molecular weight is 340 g/mol. The zero-order valence-corrected chi connectivity index (χ0v) is 11.7. The molecular weight excluding hydrogens is 330 g/mol. The minimum absolute atomic E-state index is 0. The molecule has 0 radical (unpaired) electrons. The number of carboxylic acid groups (broad SMARTS) is 2. The van der Waals surface area contributed by atoms with Crippen molar-refractivity contribution in [2.75, 3.05) is 0 Å². The van der Waals surface area contributed by atoms with E-state index in [1.54, 1.807) is 29.4 Å². The van der Waals surface area contributed by atoms with Crippen LogP contribution in [0.1, 0.15) is 26.4 Å². The lowest BCUT2D eigenvalue weighted by molar-refractivity contribution is -0.688. The number of hydrogen-bond donors (Lipinski definition) is 2. The van der Waals surface area contributed by atoms with Crippen LogP contribution in [0.25, 0.3) is 0 Å². The van der Waals surface area contributed by atoms with Crippen LogP contribution in [0.3, 0.4) is 0 Å². The average Bonchev–Trinajstić information content (AvgIpc) is 2.39. The quantitative estimate of drug-likeness (QED) is 0.584. The number of pyridine rings is 1. The van der Waals surface area contributed by atoms with Gasteiger partial charge in [-0.2, -0.15) is 4.57 Å². The Morgan fingerprint density at radius 2 is 1.80 bits per heavy atom. The molecule has 0 aliphatic heterocycles. The predicted octanol–water partition coefficient (Wildman–Crippen LogP) is -2.79. The molecule has 0 bridgehead atoms. The highest BCUT2D eigenvalue weighted by Crippen LogP contribution is 2.09. The lowest BCUT2D eigenvalue weighted by Crippen LogP contribution is -3.00. The van der Waals surface area contributed by atoms with Gasteiger partial charge in [-0.05, 0) is 6.07 Å². The van der Waals surface area contributed by atoms with Crippen LogP contribution in [0.2, 0.25) is 0 Å². The van der Waals surface area contributed by atoms with Gasteiger partial charge in [-0.15, -0.1) is 0 Å². The molecule has 0 spiro atoms. The molecule has 2 aromatic rings. The van der Waals surface area contributed by atoms with Gasteiger partial charge < -0.3 is 27.2 Å². The van der Waals surface area contributed by atoms with E-state index >= 15 is 0 Å². The number of carbonyl (C=O) groups is 2. The maximum atomic E-state index is 11.0. The lowest BCUT2D eigenvalue weighted by Gasteiger charge is -2.03. The number of carboxylic acids is 2. The fourth-order valence-corrected chi connectivity index (χ4v) is 1.59. The van der Waals surface area contributed by atoms with Crippen molar-refractivity contribution in [3.8, 4) is 0 Å². The summed E-state index contributed by atoms with van der Waals surface area (Å²) in [5, 5.41) is 17.8. The van der Waals surface area contributed by atoms with Gasteiger partial charge in [0.2, 0.25) is 0 Å². The molecule has 0 aliphatic rings. The molecule has 0 amide bonds. The minimum atomic E-state index is -1.36. The summed E-state index contributed by atoms with van der Waals surface area (Å²) < 4.78 is 1.77. The van der Waals surface area contributed by atoms with E-state index in [2.05, 4.69) is 9.97 Å². The third-order valence-corrected chi connectivity index (χ3v) is 2.43. The van der Waals surface area contributed by atoms with E-state index in [9.17, 15) is 9.59 Å². The molecule has 0 unspecified atom stereocenters. The predicted molar refractivity (Wildman–Crippen MR) is 61.7 cm³/mol. The number of halogens is 1. The molecule has 104 valence electrons. The van der Waals surface area contributed by atoms with Gasteiger partial charge in [0.25, 0.3) is 0 Å². The molecule has 8 heteroatoms. The molecule has 0 aliphatic carbocycles. The Kier molecular flexibility index (Phi) is 5.27. The van der Waals surface area contributed by atoms with Gasteiger partial charge in [0.1, 0.15) is 0 Å². The number of aromatic carboxylic acids is 2. The molecule has 20 heavy (non-hydrogen) atoms. The van der Waals surface area contributed by atoms with Crippen LogP contribution in [0.15, 0.2) is 37.1 Å². The van der Waals surface area contributed by atoms with Gasteiger partial charge in [0, 0.05) is 11.8 Å². The van der Waals surface area contributed by atoms with Crippen molar-refractivity contribution in [1.29, 1.82) is 0 Å². The highest BCUT2D eigenvalue weighted by molar-refractivity contribution is 6.00. The van der Waals surface area contributed by atoms with E-state index < -0.39 is 17.6 Å². The molecule has 0 aromatic carbocycles. The molecule has 7 nitrogen and oxygen atoms in total. The van der Waals surface area contributed by atoms with E-state index in [0.29, 0.717) is 12.1 Å². The Morgan fingerprint density at radius 3 is 2.35 bits per heavy atom. The Balaban J connectivity index is 0.00000200. The van der Waals surface area contributed by atoms with Gasteiger partial charge in [-0.3, -0.25) is 4.98 Å². The summed E-state index contributed by atoms with van der Waals surface area (Å²) in [6.45, 7) is 0.385. The first-order valence-electron chi connectivity index (χ1n) is 5.32. The second-order valence-corrected chi connectivity index (χ2v) is 3.77. The fourth-order valence-electron chi connectivity index (χ4n) is 1.59. The third-order valence-electron chi connectivity index (χ3n) is 2.43. The molecule has 2 N–H and O–H groups in total. The SMILES string of the molecule is O=C(O)c1cc(C[n+]2ccncc2)cnc1C(=O)O.[Br-]. The van der Waals surface area contributed by atoms with Gasteiger partial charge >= 0.3 is 11.9 Å². The zero-order chi connectivity index (χ0) is 13.8. The first kappa shape index (κ1) is 15.7. The van der Waals surface area contributed by atoms with E-state index in [0.717, 1.165) is 0 Å². The molecule has 2 rings (SSSR count). The summed E-state index contributed by atoms with van der Waals surface area (Å²) in [6, 6.07) is 1.31. The van der Waals surface area contributed by atoms with Gasteiger partial charge in [0.05, 0.1) is 18.0 Å². The van der Waals surface area contributed by atoms with E-state index in [1.807, 2.05) is 0 Å². The Morgan fingerprint density at radius 1 is 1.15 bits per heavy atom. The first-order chi connectivity index (χ1) is 9.08. The van der Waals surface area contributed by atoms with Gasteiger partial charge in [0.15, 0.2) is 24.6 Å². The zero-order valence-electron chi connectivity index (χ0n) is 10.1. The molecule has 0 fully saturated rings. The fraction of sp³-hybridized carbons (Fsp3) is 0.0833. The van der Waals surface area contributed by atoms with Crippen LogP contribution in [-0.4, -0.2) is 32.1 Å². The smallest absolute Gasteiger partial charge is 0.355 e. The van der Waals surface area contributed by atoms with Gasteiger partial charge in [-0.1, -0.05) is 0 Å². The molecule has 0 atom stereocenters. The van der Waals surface area contributed by atoms with Crippen molar-refractivity contribution < 1.29 is 41.4 Å². The van der Waals surface area contributed by atoms with Crippen molar-refractivity contribution in [1.82, 2.24) is 9.97 Å². The maximum absolute atomic E-state index is 11.0. The van der Waals surface area contributed by atoms with Crippen LogP contribution >= 0.6 is 0 Å². The minimum Gasteiger partial charge on any atom is -1.00 e. The number of aromatic nitrogens is 3. The molecular formula is C12H10BrN3O4. The Hall–Kier alpha value is -2.35. The van der Waals surface area contributed by atoms with Crippen molar-refractivity contribution >= 4 is 11.9 Å². The summed E-state index contributed by atoms with van der Waals surface area (Å²) in [6.07, 6.45) is 7.97. The maximum Gasteiger partial charge on any atom is 0.355 e. The monoisotopic (exact) mass is 339 g/mol. The highest BCUT2D eigenvalue weighted by Gasteiger charge is 2.19. The standard InChI is InChI=1S/C12H9N3O4.BrH/c16-11(17)9-5-8(6-14-10(9)12(18)19)7-15-3-1-13-2-4-15;/h1-6H,7H2,(H-,16,17,18,19);1H. The normalized spacial score (nSPS) is 9.60. The molecule has 2 aromatic heterocycles. The summed E-state index contributed by atoms with van der Waals surface area (Å²) in [4.78, 5) is 29.4. The van der Waals surface area contributed by atoms with Gasteiger partial charge in [-0.25, -0.2) is 14.6 Å². The summed E-state index contributed by atoms with van der Waals surface area (Å²) in [5.41, 5.74) is -0.186. The number of rotatable bonds is 4. The molecule has 0 saturated carbocycles. The van der Waals surface area contributed by atoms with Crippen molar-refractivity contribution in [2.24, 2.45) is 0 Å². The van der Waals surface area contributed by atoms with E-state index in [1.165, 1.54) is 12.3 Å². The third kappa shape index (κ3) is 3.58. The number of hydrogen-bond acceptors (Lipinski definition) is 4. The van der Waals surface area contributed by atoms with Crippen molar-refractivity contribution in [2.45, 2.75) is 6.54 Å². The molecule has 2 heterocycles. The number of nitrogens with zero attached hydrogens (tertiary/aromatic N) is 3. The van der Waals surface area contributed by atoms with Crippen molar-refractivity contribution in [3.63, 3.8) is 0 Å². The summed E-state index contributed by atoms with van der Waals surface area (Å²) in [7, 11) is 0.